The van der Waals surface area contributed by atoms with Gasteiger partial charge >= 0.3 is 0 Å². The van der Waals surface area contributed by atoms with Crippen molar-refractivity contribution in [3.05, 3.63) is 29.8 Å². The van der Waals surface area contributed by atoms with E-state index in [1.165, 1.54) is 0 Å². The molecule has 27 heavy (non-hydrogen) atoms. The number of nitrogens with zero attached hydrogens (tertiary/aromatic N) is 1. The molecule has 0 fully saturated rings. The Morgan fingerprint density at radius 1 is 1.22 bits per heavy atom. The molecule has 150 valence electrons. The Kier molecular flexibility index (Phi) is 6.73. The number of para-hydroxylation sites is 1. The summed E-state index contributed by atoms with van der Waals surface area (Å²) in [5, 5.41) is 9.72. The van der Waals surface area contributed by atoms with Gasteiger partial charge in [0.05, 0.1) is 18.0 Å². The second kappa shape index (κ2) is 8.63. The third-order valence-corrected chi connectivity index (χ3v) is 4.62. The Morgan fingerprint density at radius 3 is 2.56 bits per heavy atom. The van der Waals surface area contributed by atoms with Crippen molar-refractivity contribution in [1.29, 1.82) is 0 Å². The number of aliphatic imine (C=N–C) groups is 1. The summed E-state index contributed by atoms with van der Waals surface area (Å²) in [6.07, 6.45) is 0.828. The van der Waals surface area contributed by atoms with E-state index in [9.17, 15) is 4.79 Å². The van der Waals surface area contributed by atoms with Crippen molar-refractivity contribution in [1.82, 2.24) is 16.0 Å². The Morgan fingerprint density at radius 2 is 1.89 bits per heavy atom. The summed E-state index contributed by atoms with van der Waals surface area (Å²) in [4.78, 5) is 16.9. The molecule has 1 aliphatic rings. The van der Waals surface area contributed by atoms with Crippen molar-refractivity contribution >= 4 is 11.9 Å². The first-order valence-corrected chi connectivity index (χ1v) is 9.79. The summed E-state index contributed by atoms with van der Waals surface area (Å²) in [6, 6.07) is 8.20. The van der Waals surface area contributed by atoms with E-state index in [2.05, 4.69) is 35.9 Å². The number of fused-ring (bicyclic) bond motifs is 1. The number of guanidine groups is 1. The fraction of sp³-hybridized carbons (Fsp3) is 0.619. The van der Waals surface area contributed by atoms with Gasteiger partial charge in [0.2, 0.25) is 5.91 Å². The van der Waals surface area contributed by atoms with Crippen LogP contribution in [0.3, 0.4) is 0 Å². The summed E-state index contributed by atoms with van der Waals surface area (Å²) < 4.78 is 6.11. The summed E-state index contributed by atoms with van der Waals surface area (Å²) in [5.74, 6) is 1.64. The fourth-order valence-electron chi connectivity index (χ4n) is 3.16. The highest BCUT2D eigenvalue weighted by Gasteiger charge is 2.34. The fourth-order valence-corrected chi connectivity index (χ4v) is 3.16. The van der Waals surface area contributed by atoms with E-state index < -0.39 is 5.41 Å². The van der Waals surface area contributed by atoms with Gasteiger partial charge in [-0.2, -0.15) is 0 Å². The lowest BCUT2D eigenvalue weighted by molar-refractivity contribution is -0.128. The van der Waals surface area contributed by atoms with E-state index in [0.717, 1.165) is 24.3 Å². The molecule has 1 atom stereocenters. The smallest absolute Gasteiger partial charge is 0.227 e. The number of ether oxygens (including phenoxy) is 1. The molecule has 1 heterocycles. The van der Waals surface area contributed by atoms with Crippen molar-refractivity contribution in [2.75, 3.05) is 19.6 Å². The van der Waals surface area contributed by atoms with Crippen molar-refractivity contribution < 1.29 is 9.53 Å². The molecule has 3 N–H and O–H groups in total. The molecular weight excluding hydrogens is 340 g/mol. The monoisotopic (exact) mass is 374 g/mol. The Bertz CT molecular complexity index is 683. The first-order valence-electron chi connectivity index (χ1n) is 9.79. The third-order valence-electron chi connectivity index (χ3n) is 4.62. The third kappa shape index (κ3) is 5.62. The Hall–Kier alpha value is -2.24. The standard InChI is InChI=1S/C21H34N4O2/c1-7-22-18(26)20(3,4)14-24-19(23-8-2)25-16-13-21(5,6)27-17-12-10-9-11-15(16)17/h9-12,16H,7-8,13-14H2,1-6H3,(H,22,26)(H2,23,24,25). The molecule has 0 radical (unpaired) electrons. The van der Waals surface area contributed by atoms with Gasteiger partial charge in [0, 0.05) is 25.1 Å². The van der Waals surface area contributed by atoms with Gasteiger partial charge in [0.1, 0.15) is 11.4 Å². The van der Waals surface area contributed by atoms with Gasteiger partial charge in [0.15, 0.2) is 5.96 Å². The van der Waals surface area contributed by atoms with Crippen LogP contribution in [0.4, 0.5) is 0 Å². The Labute approximate surface area is 163 Å². The Balaban J connectivity index is 2.19. The van der Waals surface area contributed by atoms with Crippen LogP contribution in [0.1, 0.15) is 59.6 Å². The first-order chi connectivity index (χ1) is 12.7. The zero-order chi connectivity index (χ0) is 20.1. The van der Waals surface area contributed by atoms with Gasteiger partial charge in [-0.05, 0) is 47.6 Å². The van der Waals surface area contributed by atoms with Crippen molar-refractivity contribution in [3.8, 4) is 5.75 Å². The number of nitrogens with one attached hydrogen (secondary N) is 3. The van der Waals surface area contributed by atoms with Gasteiger partial charge in [-0.15, -0.1) is 0 Å². The van der Waals surface area contributed by atoms with Gasteiger partial charge in [0.25, 0.3) is 0 Å². The van der Waals surface area contributed by atoms with E-state index >= 15 is 0 Å². The molecule has 6 nitrogen and oxygen atoms in total. The SMILES string of the molecule is CCNC(=O)C(C)(C)CN=C(NCC)NC1CC(C)(C)Oc2ccccc21. The second-order valence-electron chi connectivity index (χ2n) is 8.24. The highest BCUT2D eigenvalue weighted by molar-refractivity contribution is 5.84. The molecule has 0 saturated heterocycles. The zero-order valence-corrected chi connectivity index (χ0v) is 17.5. The number of hydrogen-bond donors (Lipinski definition) is 3. The van der Waals surface area contributed by atoms with E-state index in [1.807, 2.05) is 45.9 Å². The minimum atomic E-state index is -0.564. The average Bonchev–Trinajstić information content (AvgIpc) is 2.59. The van der Waals surface area contributed by atoms with Crippen molar-refractivity contribution in [2.45, 2.75) is 59.6 Å². The molecule has 6 heteroatoms. The summed E-state index contributed by atoms with van der Waals surface area (Å²) in [7, 11) is 0. The number of benzene rings is 1. The van der Waals surface area contributed by atoms with Crippen LogP contribution < -0.4 is 20.7 Å². The van der Waals surface area contributed by atoms with E-state index in [-0.39, 0.29) is 17.6 Å². The van der Waals surface area contributed by atoms with Crippen LogP contribution in [0.15, 0.2) is 29.3 Å². The number of carbonyl (C=O) groups excluding carboxylic acids is 1. The normalized spacial score (nSPS) is 18.9. The molecule has 0 spiro atoms. The molecule has 1 aromatic rings. The van der Waals surface area contributed by atoms with E-state index in [0.29, 0.717) is 19.0 Å². The molecule has 1 amide bonds. The van der Waals surface area contributed by atoms with Crippen LogP contribution in [0.25, 0.3) is 0 Å². The lowest BCUT2D eigenvalue weighted by Crippen LogP contribution is -2.46. The van der Waals surface area contributed by atoms with Crippen LogP contribution in [0, 0.1) is 5.41 Å². The summed E-state index contributed by atoms with van der Waals surface area (Å²) in [6.45, 7) is 13.8. The van der Waals surface area contributed by atoms with Crippen LogP contribution in [0.5, 0.6) is 5.75 Å². The number of amides is 1. The van der Waals surface area contributed by atoms with Crippen LogP contribution in [-0.4, -0.2) is 37.1 Å². The van der Waals surface area contributed by atoms with Gasteiger partial charge in [-0.1, -0.05) is 18.2 Å². The van der Waals surface area contributed by atoms with Crippen LogP contribution >= 0.6 is 0 Å². The minimum Gasteiger partial charge on any atom is -0.487 e. The van der Waals surface area contributed by atoms with Crippen LogP contribution in [0.2, 0.25) is 0 Å². The molecule has 0 bridgehead atoms. The maximum atomic E-state index is 12.2. The second-order valence-corrected chi connectivity index (χ2v) is 8.24. The highest BCUT2D eigenvalue weighted by atomic mass is 16.5. The molecule has 0 aromatic heterocycles. The zero-order valence-electron chi connectivity index (χ0n) is 17.5. The predicted molar refractivity (Wildman–Crippen MR) is 110 cm³/mol. The molecule has 1 aliphatic heterocycles. The lowest BCUT2D eigenvalue weighted by Gasteiger charge is -2.38. The average molecular weight is 375 g/mol. The maximum Gasteiger partial charge on any atom is 0.227 e. The maximum absolute atomic E-state index is 12.2. The number of rotatable bonds is 6. The molecule has 1 unspecified atom stereocenters. The summed E-state index contributed by atoms with van der Waals surface area (Å²) >= 11 is 0. The molecule has 0 aliphatic carbocycles. The molecule has 2 rings (SSSR count). The van der Waals surface area contributed by atoms with Gasteiger partial charge in [-0.25, -0.2) is 0 Å². The molecule has 1 aromatic carbocycles. The number of hydrogen-bond acceptors (Lipinski definition) is 3. The van der Waals surface area contributed by atoms with Crippen molar-refractivity contribution in [3.63, 3.8) is 0 Å². The van der Waals surface area contributed by atoms with Gasteiger partial charge < -0.3 is 20.7 Å². The highest BCUT2D eigenvalue weighted by Crippen LogP contribution is 2.39. The van der Waals surface area contributed by atoms with Crippen molar-refractivity contribution in [2.24, 2.45) is 10.4 Å². The minimum absolute atomic E-state index is 0.0159. The number of carbonyl (C=O) groups is 1. The molecule has 0 saturated carbocycles. The summed E-state index contributed by atoms with van der Waals surface area (Å²) in [5.41, 5.74) is 0.305. The van der Waals surface area contributed by atoms with E-state index in [1.54, 1.807) is 0 Å². The predicted octanol–water partition coefficient (Wildman–Crippen LogP) is 3.01. The van der Waals surface area contributed by atoms with Crippen LogP contribution in [-0.2, 0) is 4.79 Å². The lowest BCUT2D eigenvalue weighted by atomic mass is 9.90. The largest absolute Gasteiger partial charge is 0.487 e. The first kappa shape index (κ1) is 21.1. The molecular formula is C21H34N4O2. The van der Waals surface area contributed by atoms with Gasteiger partial charge in [-0.3, -0.25) is 9.79 Å². The topological polar surface area (TPSA) is 74.8 Å². The van der Waals surface area contributed by atoms with E-state index in [4.69, 9.17) is 9.73 Å². The quantitative estimate of drug-likeness (QED) is 0.529.